The number of benzene rings is 1. The highest BCUT2D eigenvalue weighted by atomic mass is 19.1. The van der Waals surface area contributed by atoms with E-state index in [1.807, 2.05) is 4.90 Å². The number of amides is 1. The second-order valence-corrected chi connectivity index (χ2v) is 5.06. The quantitative estimate of drug-likeness (QED) is 0.865. The normalized spacial score (nSPS) is 18.3. The number of hydrogen-bond donors (Lipinski definition) is 1. The molecular formula is C15H20FNO3. The van der Waals surface area contributed by atoms with Crippen LogP contribution in [-0.2, 0) is 4.79 Å². The van der Waals surface area contributed by atoms with Crippen molar-refractivity contribution in [3.05, 3.63) is 30.1 Å². The van der Waals surface area contributed by atoms with E-state index < -0.39 is 0 Å². The smallest absolute Gasteiger partial charge is 0.226 e. The molecule has 1 aliphatic heterocycles. The number of ether oxygens (including phenoxy) is 1. The van der Waals surface area contributed by atoms with Gasteiger partial charge in [0.25, 0.3) is 0 Å². The summed E-state index contributed by atoms with van der Waals surface area (Å²) in [4.78, 5) is 13.8. The van der Waals surface area contributed by atoms with Gasteiger partial charge in [-0.2, -0.15) is 0 Å². The topological polar surface area (TPSA) is 49.8 Å². The standard InChI is InChI=1S/C15H20FNO3/c16-13-1-3-14(4-2-13)20-10-7-15(19)17-8-5-12(11-17)6-9-18/h1-4,12,18H,5-11H2. The van der Waals surface area contributed by atoms with Gasteiger partial charge in [-0.1, -0.05) is 0 Å². The van der Waals surface area contributed by atoms with Crippen LogP contribution in [0.25, 0.3) is 0 Å². The van der Waals surface area contributed by atoms with Crippen molar-refractivity contribution in [1.82, 2.24) is 4.90 Å². The van der Waals surface area contributed by atoms with Crippen LogP contribution in [0, 0.1) is 11.7 Å². The number of aliphatic hydroxyl groups is 1. The molecule has 2 rings (SSSR count). The Morgan fingerprint density at radius 2 is 2.15 bits per heavy atom. The van der Waals surface area contributed by atoms with Crippen molar-refractivity contribution in [2.45, 2.75) is 19.3 Å². The van der Waals surface area contributed by atoms with Gasteiger partial charge in [-0.3, -0.25) is 4.79 Å². The number of halogens is 1. The SMILES string of the molecule is O=C(CCOc1ccc(F)cc1)N1CCC(CCO)C1. The highest BCUT2D eigenvalue weighted by molar-refractivity contribution is 5.76. The molecule has 1 aromatic rings. The van der Waals surface area contributed by atoms with E-state index in [-0.39, 0.29) is 18.3 Å². The van der Waals surface area contributed by atoms with Crippen molar-refractivity contribution in [1.29, 1.82) is 0 Å². The van der Waals surface area contributed by atoms with E-state index in [0.29, 0.717) is 24.7 Å². The van der Waals surface area contributed by atoms with E-state index in [9.17, 15) is 9.18 Å². The Bertz CT molecular complexity index is 435. The van der Waals surface area contributed by atoms with E-state index in [4.69, 9.17) is 9.84 Å². The molecule has 1 aliphatic rings. The third kappa shape index (κ3) is 4.20. The van der Waals surface area contributed by atoms with Gasteiger partial charge in [0.1, 0.15) is 11.6 Å². The molecule has 0 radical (unpaired) electrons. The van der Waals surface area contributed by atoms with Crippen LogP contribution in [0.3, 0.4) is 0 Å². The fourth-order valence-electron chi connectivity index (χ4n) is 2.42. The Hall–Kier alpha value is -1.62. The van der Waals surface area contributed by atoms with Crippen molar-refractivity contribution in [2.75, 3.05) is 26.3 Å². The van der Waals surface area contributed by atoms with Crippen LogP contribution in [0.15, 0.2) is 24.3 Å². The summed E-state index contributed by atoms with van der Waals surface area (Å²) in [5, 5.41) is 8.89. The van der Waals surface area contributed by atoms with Crippen LogP contribution in [-0.4, -0.2) is 42.2 Å². The first-order chi connectivity index (χ1) is 9.69. The number of carbonyl (C=O) groups excluding carboxylic acids is 1. The largest absolute Gasteiger partial charge is 0.493 e. The zero-order valence-electron chi connectivity index (χ0n) is 11.4. The number of likely N-dealkylation sites (tertiary alicyclic amines) is 1. The molecule has 1 saturated heterocycles. The van der Waals surface area contributed by atoms with Crippen molar-refractivity contribution >= 4 is 5.91 Å². The molecule has 1 amide bonds. The fraction of sp³-hybridized carbons (Fsp3) is 0.533. The lowest BCUT2D eigenvalue weighted by Gasteiger charge is -2.16. The number of hydrogen-bond acceptors (Lipinski definition) is 3. The monoisotopic (exact) mass is 281 g/mol. The minimum absolute atomic E-state index is 0.0764. The molecule has 0 saturated carbocycles. The Labute approximate surface area is 118 Å². The predicted octanol–water partition coefficient (Wildman–Crippen LogP) is 1.83. The first kappa shape index (κ1) is 14.8. The van der Waals surface area contributed by atoms with Crippen LogP contribution < -0.4 is 4.74 Å². The maximum absolute atomic E-state index is 12.7. The van der Waals surface area contributed by atoms with Gasteiger partial charge in [0.15, 0.2) is 0 Å². The summed E-state index contributed by atoms with van der Waals surface area (Å²) in [5.41, 5.74) is 0. The van der Waals surface area contributed by atoms with Crippen molar-refractivity contribution < 1.29 is 19.0 Å². The van der Waals surface area contributed by atoms with Gasteiger partial charge in [0, 0.05) is 19.7 Å². The molecular weight excluding hydrogens is 261 g/mol. The highest BCUT2D eigenvalue weighted by Gasteiger charge is 2.25. The fourth-order valence-corrected chi connectivity index (χ4v) is 2.42. The van der Waals surface area contributed by atoms with E-state index in [2.05, 4.69) is 0 Å². The summed E-state index contributed by atoms with van der Waals surface area (Å²) in [6, 6.07) is 5.76. The van der Waals surface area contributed by atoms with E-state index in [1.54, 1.807) is 12.1 Å². The minimum atomic E-state index is -0.305. The molecule has 0 bridgehead atoms. The molecule has 1 atom stereocenters. The number of rotatable bonds is 6. The molecule has 1 heterocycles. The molecule has 110 valence electrons. The second kappa shape index (κ2) is 7.24. The van der Waals surface area contributed by atoms with Gasteiger partial charge in [-0.05, 0) is 43.0 Å². The molecule has 1 N–H and O–H groups in total. The lowest BCUT2D eigenvalue weighted by atomic mass is 10.1. The Balaban J connectivity index is 1.69. The molecule has 5 heteroatoms. The van der Waals surface area contributed by atoms with E-state index >= 15 is 0 Å². The van der Waals surface area contributed by atoms with Crippen LogP contribution >= 0.6 is 0 Å². The zero-order valence-corrected chi connectivity index (χ0v) is 11.4. The Morgan fingerprint density at radius 3 is 2.85 bits per heavy atom. The third-order valence-electron chi connectivity index (χ3n) is 3.57. The maximum atomic E-state index is 12.7. The average molecular weight is 281 g/mol. The first-order valence-corrected chi connectivity index (χ1v) is 6.96. The van der Waals surface area contributed by atoms with Crippen LogP contribution in [0.2, 0.25) is 0 Å². The molecule has 1 unspecified atom stereocenters. The molecule has 1 aromatic carbocycles. The third-order valence-corrected chi connectivity index (χ3v) is 3.57. The summed E-state index contributed by atoms with van der Waals surface area (Å²) >= 11 is 0. The summed E-state index contributed by atoms with van der Waals surface area (Å²) in [7, 11) is 0. The summed E-state index contributed by atoms with van der Waals surface area (Å²) in [6.45, 7) is 1.97. The first-order valence-electron chi connectivity index (χ1n) is 6.96. The Kier molecular flexibility index (Phi) is 5.35. The van der Waals surface area contributed by atoms with Gasteiger partial charge >= 0.3 is 0 Å². The molecule has 1 fully saturated rings. The average Bonchev–Trinajstić information content (AvgIpc) is 2.90. The molecule has 0 spiro atoms. The Morgan fingerprint density at radius 1 is 1.40 bits per heavy atom. The van der Waals surface area contributed by atoms with Crippen LogP contribution in [0.1, 0.15) is 19.3 Å². The molecule has 0 aromatic heterocycles. The number of carbonyl (C=O) groups is 1. The number of aliphatic hydroxyl groups excluding tert-OH is 1. The van der Waals surface area contributed by atoms with Crippen molar-refractivity contribution in [3.63, 3.8) is 0 Å². The number of nitrogens with zero attached hydrogens (tertiary/aromatic N) is 1. The van der Waals surface area contributed by atoms with Crippen LogP contribution in [0.4, 0.5) is 4.39 Å². The van der Waals surface area contributed by atoms with Crippen LogP contribution in [0.5, 0.6) is 5.75 Å². The van der Waals surface area contributed by atoms with E-state index in [1.165, 1.54) is 12.1 Å². The van der Waals surface area contributed by atoms with Gasteiger partial charge in [0.2, 0.25) is 5.91 Å². The molecule has 4 nitrogen and oxygen atoms in total. The minimum Gasteiger partial charge on any atom is -0.493 e. The summed E-state index contributed by atoms with van der Waals surface area (Å²) < 4.78 is 18.1. The molecule has 0 aliphatic carbocycles. The van der Waals surface area contributed by atoms with Gasteiger partial charge < -0.3 is 14.7 Å². The lowest BCUT2D eigenvalue weighted by molar-refractivity contribution is -0.130. The van der Waals surface area contributed by atoms with E-state index in [0.717, 1.165) is 25.9 Å². The highest BCUT2D eigenvalue weighted by Crippen LogP contribution is 2.20. The van der Waals surface area contributed by atoms with Crippen molar-refractivity contribution in [2.24, 2.45) is 5.92 Å². The van der Waals surface area contributed by atoms with Gasteiger partial charge in [0.05, 0.1) is 13.0 Å². The second-order valence-electron chi connectivity index (χ2n) is 5.06. The summed E-state index contributed by atoms with van der Waals surface area (Å²) in [6.07, 6.45) is 2.05. The lowest BCUT2D eigenvalue weighted by Crippen LogP contribution is -2.29. The van der Waals surface area contributed by atoms with Crippen molar-refractivity contribution in [3.8, 4) is 5.75 Å². The maximum Gasteiger partial charge on any atom is 0.226 e. The predicted molar refractivity (Wildman–Crippen MR) is 72.9 cm³/mol. The molecule has 20 heavy (non-hydrogen) atoms. The zero-order chi connectivity index (χ0) is 14.4. The summed E-state index contributed by atoms with van der Waals surface area (Å²) in [5.74, 6) is 0.758. The van der Waals surface area contributed by atoms with Gasteiger partial charge in [-0.15, -0.1) is 0 Å². The van der Waals surface area contributed by atoms with Gasteiger partial charge in [-0.25, -0.2) is 4.39 Å².